The third kappa shape index (κ3) is 8.22. The fourth-order valence-corrected chi connectivity index (χ4v) is 4.03. The molecule has 0 aromatic heterocycles. The number of aryl methyl sites for hydroxylation is 1. The van der Waals surface area contributed by atoms with Gasteiger partial charge in [0.15, 0.2) is 15.8 Å². The van der Waals surface area contributed by atoms with Crippen molar-refractivity contribution in [3.63, 3.8) is 0 Å². The molecule has 2 aromatic rings. The zero-order valence-electron chi connectivity index (χ0n) is 17.1. The molecule has 8 heteroatoms. The molecule has 6 nitrogen and oxygen atoms in total. The van der Waals surface area contributed by atoms with E-state index in [9.17, 15) is 8.42 Å². The summed E-state index contributed by atoms with van der Waals surface area (Å²) in [7, 11) is -1.60. The summed E-state index contributed by atoms with van der Waals surface area (Å²) in [5.74, 6) is 1.56. The molecule has 0 aliphatic heterocycles. The number of sulfone groups is 1. The average Bonchev–Trinajstić information content (AvgIpc) is 2.70. The molecule has 160 valence electrons. The molecule has 0 saturated carbocycles. The van der Waals surface area contributed by atoms with E-state index in [1.165, 1.54) is 0 Å². The Hall–Kier alpha value is -1.81. The van der Waals surface area contributed by atoms with E-state index in [2.05, 4.69) is 15.6 Å². The fraction of sp³-hybridized carbons (Fsp3) is 0.381. The van der Waals surface area contributed by atoms with Gasteiger partial charge in [-0.2, -0.15) is 0 Å². The van der Waals surface area contributed by atoms with Crippen molar-refractivity contribution < 1.29 is 13.2 Å². The Morgan fingerprint density at radius 3 is 2.48 bits per heavy atom. The molecular formula is C21H30IN3O3S. The molecule has 2 N–H and O–H groups in total. The molecule has 0 aliphatic carbocycles. The van der Waals surface area contributed by atoms with E-state index in [1.807, 2.05) is 38.1 Å². The first-order chi connectivity index (χ1) is 13.5. The summed E-state index contributed by atoms with van der Waals surface area (Å²) in [5.41, 5.74) is 2.13. The Kier molecular flexibility index (Phi) is 11.0. The third-order valence-electron chi connectivity index (χ3n) is 4.18. The van der Waals surface area contributed by atoms with Gasteiger partial charge in [-0.05, 0) is 44.0 Å². The van der Waals surface area contributed by atoms with E-state index in [0.717, 1.165) is 23.4 Å². The number of methoxy groups -OCH3 is 1. The van der Waals surface area contributed by atoms with Gasteiger partial charge in [0.1, 0.15) is 5.75 Å². The topological polar surface area (TPSA) is 79.8 Å². The number of nitrogens with zero attached hydrogens (tertiary/aromatic N) is 1. The lowest BCUT2D eigenvalue weighted by molar-refractivity contribution is 0.409. The zero-order valence-corrected chi connectivity index (χ0v) is 20.3. The van der Waals surface area contributed by atoms with E-state index in [0.29, 0.717) is 30.4 Å². The maximum absolute atomic E-state index is 12.3. The van der Waals surface area contributed by atoms with E-state index in [1.54, 1.807) is 31.4 Å². The number of aliphatic imine (C=N–C) groups is 1. The monoisotopic (exact) mass is 531 g/mol. The van der Waals surface area contributed by atoms with E-state index < -0.39 is 9.84 Å². The van der Waals surface area contributed by atoms with Crippen LogP contribution in [-0.2, 0) is 16.4 Å². The van der Waals surface area contributed by atoms with Crippen LogP contribution in [0.2, 0.25) is 0 Å². The van der Waals surface area contributed by atoms with Gasteiger partial charge in [-0.1, -0.05) is 30.3 Å². The van der Waals surface area contributed by atoms with Crippen molar-refractivity contribution >= 4 is 39.8 Å². The minimum Gasteiger partial charge on any atom is -0.496 e. The van der Waals surface area contributed by atoms with Gasteiger partial charge in [-0.15, -0.1) is 24.0 Å². The Labute approximate surface area is 191 Å². The zero-order chi connectivity index (χ0) is 20.4. The summed E-state index contributed by atoms with van der Waals surface area (Å²) in [4.78, 5) is 4.94. The van der Waals surface area contributed by atoms with Gasteiger partial charge in [0.05, 0.1) is 24.3 Å². The number of benzene rings is 2. The molecule has 29 heavy (non-hydrogen) atoms. The van der Waals surface area contributed by atoms with Crippen LogP contribution in [0.5, 0.6) is 5.75 Å². The van der Waals surface area contributed by atoms with Crippen LogP contribution in [0.3, 0.4) is 0 Å². The van der Waals surface area contributed by atoms with Gasteiger partial charge >= 0.3 is 0 Å². The second-order valence-corrected chi connectivity index (χ2v) is 8.53. The third-order valence-corrected chi connectivity index (χ3v) is 6.00. The molecule has 0 radical (unpaired) electrons. The van der Waals surface area contributed by atoms with Crippen LogP contribution in [0.25, 0.3) is 0 Å². The summed E-state index contributed by atoms with van der Waals surface area (Å²) in [6, 6.07) is 14.6. The van der Waals surface area contributed by atoms with Crippen molar-refractivity contribution in [2.75, 3.05) is 26.0 Å². The van der Waals surface area contributed by atoms with Crippen molar-refractivity contribution in [1.82, 2.24) is 10.6 Å². The maximum Gasteiger partial charge on any atom is 0.191 e. The minimum absolute atomic E-state index is 0. The summed E-state index contributed by atoms with van der Waals surface area (Å²) in [5, 5.41) is 6.38. The maximum atomic E-state index is 12.3. The number of hydrogen-bond acceptors (Lipinski definition) is 4. The predicted octanol–water partition coefficient (Wildman–Crippen LogP) is 3.54. The smallest absolute Gasteiger partial charge is 0.191 e. The molecule has 0 saturated heterocycles. The van der Waals surface area contributed by atoms with Gasteiger partial charge in [-0.3, -0.25) is 0 Å². The van der Waals surface area contributed by atoms with Crippen molar-refractivity contribution in [2.45, 2.75) is 31.7 Å². The van der Waals surface area contributed by atoms with Crippen LogP contribution >= 0.6 is 24.0 Å². The highest BCUT2D eigenvalue weighted by molar-refractivity contribution is 14.0. The molecule has 2 aromatic carbocycles. The lowest BCUT2D eigenvalue weighted by Crippen LogP contribution is -2.38. The Bertz CT molecular complexity index is 887. The Morgan fingerprint density at radius 1 is 1.10 bits per heavy atom. The van der Waals surface area contributed by atoms with Crippen LogP contribution in [0.15, 0.2) is 58.4 Å². The second kappa shape index (κ2) is 12.7. The molecule has 2 rings (SSSR count). The van der Waals surface area contributed by atoms with Gasteiger partial charge in [0.25, 0.3) is 0 Å². The van der Waals surface area contributed by atoms with E-state index in [4.69, 9.17) is 4.74 Å². The molecule has 0 atom stereocenters. The molecule has 0 spiro atoms. The van der Waals surface area contributed by atoms with Crippen molar-refractivity contribution in [1.29, 1.82) is 0 Å². The normalized spacial score (nSPS) is 11.5. The largest absolute Gasteiger partial charge is 0.496 e. The Balaban J connectivity index is 0.00000420. The number of guanidine groups is 1. The standard InChI is InChI=1S/C21H29N3O3S.HI/c1-4-22-21(24-16-18-12-11-17(2)15-20(18)27-3)23-13-8-14-28(25,26)19-9-6-5-7-10-19;/h5-7,9-12,15H,4,8,13-14,16H2,1-3H3,(H2,22,23,24);1H. The number of hydrogen-bond donors (Lipinski definition) is 2. The molecule has 0 bridgehead atoms. The van der Waals surface area contributed by atoms with Crippen LogP contribution in [0.1, 0.15) is 24.5 Å². The first-order valence-electron chi connectivity index (χ1n) is 9.39. The van der Waals surface area contributed by atoms with Crippen LogP contribution in [0, 0.1) is 6.92 Å². The quantitative estimate of drug-likeness (QED) is 0.224. The average molecular weight is 531 g/mol. The second-order valence-electron chi connectivity index (χ2n) is 6.42. The molecule has 0 heterocycles. The summed E-state index contributed by atoms with van der Waals surface area (Å²) in [6.07, 6.45) is 0.496. The molecule has 0 aliphatic rings. The summed E-state index contributed by atoms with van der Waals surface area (Å²) in [6.45, 7) is 5.72. The number of nitrogens with one attached hydrogen (secondary N) is 2. The minimum atomic E-state index is -3.26. The molecule has 0 unspecified atom stereocenters. The van der Waals surface area contributed by atoms with Crippen LogP contribution in [0.4, 0.5) is 0 Å². The Morgan fingerprint density at radius 2 is 1.83 bits per heavy atom. The van der Waals surface area contributed by atoms with Gasteiger partial charge < -0.3 is 15.4 Å². The van der Waals surface area contributed by atoms with E-state index >= 15 is 0 Å². The van der Waals surface area contributed by atoms with E-state index in [-0.39, 0.29) is 29.7 Å². The van der Waals surface area contributed by atoms with Crippen LogP contribution < -0.4 is 15.4 Å². The van der Waals surface area contributed by atoms with Crippen molar-refractivity contribution in [3.8, 4) is 5.75 Å². The SMILES string of the molecule is CCNC(=NCc1ccc(C)cc1OC)NCCCS(=O)(=O)c1ccccc1.I. The molecular weight excluding hydrogens is 501 g/mol. The highest BCUT2D eigenvalue weighted by Crippen LogP contribution is 2.20. The summed E-state index contributed by atoms with van der Waals surface area (Å²) >= 11 is 0. The highest BCUT2D eigenvalue weighted by atomic mass is 127. The van der Waals surface area contributed by atoms with Gasteiger partial charge in [0, 0.05) is 18.7 Å². The first kappa shape index (κ1) is 25.2. The predicted molar refractivity (Wildman–Crippen MR) is 129 cm³/mol. The molecule has 0 fully saturated rings. The molecule has 0 amide bonds. The van der Waals surface area contributed by atoms with Crippen molar-refractivity contribution in [2.24, 2.45) is 4.99 Å². The fourth-order valence-electron chi connectivity index (χ4n) is 2.70. The van der Waals surface area contributed by atoms with Crippen molar-refractivity contribution in [3.05, 3.63) is 59.7 Å². The van der Waals surface area contributed by atoms with Gasteiger partial charge in [0.2, 0.25) is 0 Å². The van der Waals surface area contributed by atoms with Gasteiger partial charge in [-0.25, -0.2) is 13.4 Å². The highest BCUT2D eigenvalue weighted by Gasteiger charge is 2.13. The number of ether oxygens (including phenoxy) is 1. The lowest BCUT2D eigenvalue weighted by atomic mass is 10.1. The van der Waals surface area contributed by atoms with Crippen LogP contribution in [-0.4, -0.2) is 40.3 Å². The summed E-state index contributed by atoms with van der Waals surface area (Å²) < 4.78 is 30.1. The number of halogens is 1. The first-order valence-corrected chi connectivity index (χ1v) is 11.0. The number of rotatable bonds is 9. The lowest BCUT2D eigenvalue weighted by Gasteiger charge is -2.12.